The largest absolute Gasteiger partial charge is 0.477 e. The van der Waals surface area contributed by atoms with Crippen LogP contribution in [0.3, 0.4) is 0 Å². The minimum absolute atomic E-state index is 0.0982. The van der Waals surface area contributed by atoms with E-state index in [2.05, 4.69) is 10.2 Å². The summed E-state index contributed by atoms with van der Waals surface area (Å²) in [6.45, 7) is 4.44. The molecule has 3 unspecified atom stereocenters. The Labute approximate surface area is 160 Å². The first-order chi connectivity index (χ1) is 13.5. The molecule has 3 aliphatic rings. The third kappa shape index (κ3) is 2.48. The van der Waals surface area contributed by atoms with E-state index in [9.17, 15) is 14.7 Å². The number of aromatic nitrogens is 1. The Morgan fingerprint density at radius 3 is 2.96 bits per heavy atom. The normalized spacial score (nSPS) is 26.5. The van der Waals surface area contributed by atoms with Crippen LogP contribution >= 0.6 is 0 Å². The number of benzene rings is 1. The van der Waals surface area contributed by atoms with Gasteiger partial charge in [0, 0.05) is 30.9 Å². The van der Waals surface area contributed by atoms with E-state index in [0.717, 1.165) is 25.9 Å². The molecule has 2 saturated heterocycles. The Bertz CT molecular complexity index is 1040. The van der Waals surface area contributed by atoms with Crippen LogP contribution in [0.1, 0.15) is 41.9 Å². The first-order valence-electron chi connectivity index (χ1n) is 9.69. The number of hydrogen-bond acceptors (Lipinski definition) is 5. The van der Waals surface area contributed by atoms with E-state index in [1.807, 2.05) is 0 Å². The van der Waals surface area contributed by atoms with E-state index >= 15 is 4.39 Å². The van der Waals surface area contributed by atoms with Crippen molar-refractivity contribution in [2.75, 3.05) is 24.5 Å². The first-order valence-corrected chi connectivity index (χ1v) is 9.69. The number of nitrogens with zero attached hydrogens (tertiary/aromatic N) is 2. The molecule has 7 nitrogen and oxygen atoms in total. The van der Waals surface area contributed by atoms with Gasteiger partial charge in [-0.3, -0.25) is 4.79 Å². The maximum atomic E-state index is 15.2. The molecule has 2 fully saturated rings. The zero-order valence-electron chi connectivity index (χ0n) is 15.6. The molecular weight excluding hydrogens is 365 g/mol. The van der Waals surface area contributed by atoms with Crippen molar-refractivity contribution in [3.63, 3.8) is 0 Å². The highest BCUT2D eigenvalue weighted by Gasteiger charge is 2.37. The van der Waals surface area contributed by atoms with Crippen LogP contribution in [-0.2, 0) is 11.3 Å². The van der Waals surface area contributed by atoms with Crippen LogP contribution in [0.2, 0.25) is 0 Å². The van der Waals surface area contributed by atoms with Crippen LogP contribution in [0.5, 0.6) is 0 Å². The second kappa shape index (κ2) is 6.28. The number of halogens is 1. The third-order valence-corrected chi connectivity index (χ3v) is 6.35. The lowest BCUT2D eigenvalue weighted by Crippen LogP contribution is -2.40. The van der Waals surface area contributed by atoms with Gasteiger partial charge in [0.15, 0.2) is 0 Å². The van der Waals surface area contributed by atoms with Gasteiger partial charge in [0.2, 0.25) is 5.43 Å². The molecule has 0 radical (unpaired) electrons. The number of aromatic carboxylic acids is 1. The van der Waals surface area contributed by atoms with Crippen molar-refractivity contribution in [3.05, 3.63) is 39.4 Å². The summed E-state index contributed by atoms with van der Waals surface area (Å²) in [7, 11) is 0. The average molecular weight is 387 g/mol. The second-order valence-electron chi connectivity index (χ2n) is 7.94. The lowest BCUT2D eigenvalue weighted by molar-refractivity contribution is -0.00180. The molecule has 2 N–H and O–H groups in total. The summed E-state index contributed by atoms with van der Waals surface area (Å²) < 4.78 is 22.7. The number of carboxylic acid groups (broad SMARTS) is 1. The van der Waals surface area contributed by atoms with E-state index in [4.69, 9.17) is 4.74 Å². The molecule has 3 aliphatic heterocycles. The minimum atomic E-state index is -1.32. The maximum absolute atomic E-state index is 15.2. The molecule has 0 bridgehead atoms. The number of nitrogens with one attached hydrogen (secondary N) is 1. The summed E-state index contributed by atoms with van der Waals surface area (Å²) in [5, 5.41) is 13.0. The number of pyridine rings is 1. The minimum Gasteiger partial charge on any atom is -0.477 e. The highest BCUT2D eigenvalue weighted by molar-refractivity contribution is 5.95. The first kappa shape index (κ1) is 17.6. The van der Waals surface area contributed by atoms with Crippen molar-refractivity contribution in [1.29, 1.82) is 0 Å². The Morgan fingerprint density at radius 1 is 1.39 bits per heavy atom. The van der Waals surface area contributed by atoms with E-state index in [1.54, 1.807) is 11.5 Å². The van der Waals surface area contributed by atoms with Crippen LogP contribution in [0.15, 0.2) is 17.1 Å². The summed E-state index contributed by atoms with van der Waals surface area (Å²) in [5.74, 6) is -1.34. The van der Waals surface area contributed by atoms with Gasteiger partial charge in [-0.25, -0.2) is 9.18 Å². The molecule has 0 spiro atoms. The molecule has 2 aromatic rings. The molecule has 5 rings (SSSR count). The monoisotopic (exact) mass is 387 g/mol. The topological polar surface area (TPSA) is 83.8 Å². The molecule has 28 heavy (non-hydrogen) atoms. The lowest BCUT2D eigenvalue weighted by Gasteiger charge is -2.31. The molecule has 8 heteroatoms. The van der Waals surface area contributed by atoms with Gasteiger partial charge < -0.3 is 24.6 Å². The van der Waals surface area contributed by atoms with Crippen LogP contribution in [0.25, 0.3) is 10.9 Å². The van der Waals surface area contributed by atoms with Gasteiger partial charge in [-0.2, -0.15) is 0 Å². The summed E-state index contributed by atoms with van der Waals surface area (Å²) in [5.41, 5.74) is 0.649. The van der Waals surface area contributed by atoms with Gasteiger partial charge in [-0.05, 0) is 38.3 Å². The molecule has 0 amide bonds. The Morgan fingerprint density at radius 2 is 2.21 bits per heavy atom. The van der Waals surface area contributed by atoms with Crippen LogP contribution < -0.4 is 15.6 Å². The van der Waals surface area contributed by atoms with Crippen LogP contribution in [0, 0.1) is 11.7 Å². The molecule has 148 valence electrons. The van der Waals surface area contributed by atoms with Crippen molar-refractivity contribution in [1.82, 2.24) is 9.88 Å². The summed E-state index contributed by atoms with van der Waals surface area (Å²) in [6.07, 6.45) is 3.13. The van der Waals surface area contributed by atoms with Crippen LogP contribution in [-0.4, -0.2) is 41.3 Å². The average Bonchev–Trinajstić information content (AvgIpc) is 3.09. The van der Waals surface area contributed by atoms with Gasteiger partial charge in [0.05, 0.1) is 23.2 Å². The zero-order chi connectivity index (χ0) is 19.6. The number of piperidine rings is 1. The fourth-order valence-electron chi connectivity index (χ4n) is 4.99. The van der Waals surface area contributed by atoms with Crippen molar-refractivity contribution < 1.29 is 19.0 Å². The van der Waals surface area contributed by atoms with E-state index < -0.39 is 23.4 Å². The zero-order valence-corrected chi connectivity index (χ0v) is 15.6. The van der Waals surface area contributed by atoms with Crippen LogP contribution in [0.4, 0.5) is 10.1 Å². The highest BCUT2D eigenvalue weighted by Crippen LogP contribution is 2.39. The molecular formula is C20H22FN3O4. The molecule has 4 heterocycles. The quantitative estimate of drug-likeness (QED) is 0.821. The van der Waals surface area contributed by atoms with Gasteiger partial charge in [0.1, 0.15) is 17.6 Å². The second-order valence-corrected chi connectivity index (χ2v) is 7.94. The number of anilines is 1. The fourth-order valence-corrected chi connectivity index (χ4v) is 4.99. The number of ether oxygens (including phenoxy) is 1. The number of fused-ring (bicyclic) bond motifs is 1. The SMILES string of the molecule is CC1OCc2c(N3CC4CCCNC4C3)c(F)cc3c(=O)c(C(=O)O)cn1c23. The van der Waals surface area contributed by atoms with E-state index in [1.165, 1.54) is 12.3 Å². The third-order valence-electron chi connectivity index (χ3n) is 6.35. The molecule has 1 aromatic heterocycles. The van der Waals surface area contributed by atoms with Crippen molar-refractivity contribution in [2.24, 2.45) is 5.92 Å². The Hall–Kier alpha value is -2.45. The lowest BCUT2D eigenvalue weighted by atomic mass is 9.94. The molecule has 1 aromatic carbocycles. The smallest absolute Gasteiger partial charge is 0.341 e. The van der Waals surface area contributed by atoms with Gasteiger partial charge in [0.25, 0.3) is 0 Å². The molecule has 0 aliphatic carbocycles. The summed E-state index contributed by atoms with van der Waals surface area (Å²) >= 11 is 0. The van der Waals surface area contributed by atoms with Gasteiger partial charge in [-0.15, -0.1) is 0 Å². The molecule has 0 saturated carbocycles. The summed E-state index contributed by atoms with van der Waals surface area (Å²) in [4.78, 5) is 26.2. The van der Waals surface area contributed by atoms with E-state index in [-0.39, 0.29) is 17.6 Å². The predicted molar refractivity (Wildman–Crippen MR) is 101 cm³/mol. The van der Waals surface area contributed by atoms with Gasteiger partial charge >= 0.3 is 5.97 Å². The fraction of sp³-hybridized carbons (Fsp3) is 0.500. The van der Waals surface area contributed by atoms with Crippen molar-refractivity contribution >= 4 is 22.6 Å². The number of carbonyl (C=O) groups is 1. The summed E-state index contributed by atoms with van der Waals surface area (Å²) in [6, 6.07) is 1.54. The number of hydrogen-bond donors (Lipinski definition) is 2. The molecule has 3 atom stereocenters. The van der Waals surface area contributed by atoms with Gasteiger partial charge in [-0.1, -0.05) is 0 Å². The predicted octanol–water partition coefficient (Wildman–Crippen LogP) is 2.08. The maximum Gasteiger partial charge on any atom is 0.341 e. The Kier molecular flexibility index (Phi) is 3.96. The highest BCUT2D eigenvalue weighted by atomic mass is 19.1. The standard InChI is InChI=1S/C20H22FN3O4/c1-10-24-7-13(20(26)27)19(25)12-5-15(21)18(14(9-28-10)17(12)24)23-6-11-3-2-4-22-16(11)8-23/h5,7,10-11,16,22H,2-4,6,8-9H2,1H3,(H,26,27). The Balaban J connectivity index is 1.73. The number of rotatable bonds is 2. The van der Waals surface area contributed by atoms with Crippen molar-refractivity contribution in [2.45, 2.75) is 38.6 Å². The van der Waals surface area contributed by atoms with Crippen molar-refractivity contribution in [3.8, 4) is 0 Å². The number of carboxylic acids is 1. The van der Waals surface area contributed by atoms with E-state index in [0.29, 0.717) is 35.3 Å².